The van der Waals surface area contributed by atoms with E-state index in [9.17, 15) is 9.59 Å². The number of hydrogen-bond donors (Lipinski definition) is 2. The lowest BCUT2D eigenvalue weighted by Crippen LogP contribution is -2.56. The molecular weight excluding hydrogens is 274 g/mol. The van der Waals surface area contributed by atoms with Gasteiger partial charge >= 0.3 is 0 Å². The first kappa shape index (κ1) is 16.9. The highest BCUT2D eigenvalue weighted by Gasteiger charge is 2.44. The number of carbonyl (C=O) groups is 2. The van der Waals surface area contributed by atoms with Crippen LogP contribution in [-0.4, -0.2) is 34.3 Å². The molecule has 1 heterocycles. The summed E-state index contributed by atoms with van der Waals surface area (Å²) in [4.78, 5) is 26.3. The molecule has 0 spiro atoms. The summed E-state index contributed by atoms with van der Waals surface area (Å²) in [7, 11) is 0. The standard InChI is InChI=1S/C14H25N3O2S/c1-4-14(5-2,12(16)20)13(19)17-8-10(11(15)18)7-6-9(17)3/h9-10H,4-8H2,1-3H3,(H2,15,18)(H2,16,20). The van der Waals surface area contributed by atoms with E-state index >= 15 is 0 Å². The van der Waals surface area contributed by atoms with E-state index in [2.05, 4.69) is 0 Å². The minimum Gasteiger partial charge on any atom is -0.392 e. The molecule has 4 N–H and O–H groups in total. The second kappa shape index (κ2) is 6.52. The average molecular weight is 299 g/mol. The van der Waals surface area contributed by atoms with Crippen molar-refractivity contribution in [1.29, 1.82) is 0 Å². The molecule has 5 nitrogen and oxygen atoms in total. The van der Waals surface area contributed by atoms with E-state index in [0.717, 1.165) is 12.8 Å². The summed E-state index contributed by atoms with van der Waals surface area (Å²) in [5, 5.41) is 0. The quantitative estimate of drug-likeness (QED) is 0.746. The van der Waals surface area contributed by atoms with Crippen LogP contribution >= 0.6 is 12.2 Å². The highest BCUT2D eigenvalue weighted by molar-refractivity contribution is 7.80. The molecule has 2 atom stereocenters. The van der Waals surface area contributed by atoms with Crippen LogP contribution in [0.15, 0.2) is 0 Å². The Morgan fingerprint density at radius 2 is 1.80 bits per heavy atom. The van der Waals surface area contributed by atoms with Crippen molar-refractivity contribution < 1.29 is 9.59 Å². The van der Waals surface area contributed by atoms with Crippen LogP contribution in [0.4, 0.5) is 0 Å². The van der Waals surface area contributed by atoms with Gasteiger partial charge in [0, 0.05) is 12.6 Å². The Morgan fingerprint density at radius 1 is 1.25 bits per heavy atom. The molecule has 1 aliphatic rings. The fourth-order valence-corrected chi connectivity index (χ4v) is 3.28. The molecule has 0 aliphatic carbocycles. The van der Waals surface area contributed by atoms with Crippen molar-refractivity contribution in [2.45, 2.75) is 52.5 Å². The fourth-order valence-electron chi connectivity index (χ4n) is 2.90. The number of hydrogen-bond acceptors (Lipinski definition) is 3. The van der Waals surface area contributed by atoms with Gasteiger partial charge in [-0.15, -0.1) is 0 Å². The zero-order chi connectivity index (χ0) is 15.5. The fraction of sp³-hybridized carbons (Fsp3) is 0.786. The largest absolute Gasteiger partial charge is 0.392 e. The maximum absolute atomic E-state index is 12.9. The second-order valence-electron chi connectivity index (χ2n) is 5.64. The highest BCUT2D eigenvalue weighted by Crippen LogP contribution is 2.33. The molecule has 2 amide bonds. The van der Waals surface area contributed by atoms with E-state index in [1.807, 2.05) is 20.8 Å². The summed E-state index contributed by atoms with van der Waals surface area (Å²) in [6, 6.07) is 0.0879. The lowest BCUT2D eigenvalue weighted by Gasteiger charge is -2.42. The van der Waals surface area contributed by atoms with Crippen LogP contribution in [0.3, 0.4) is 0 Å². The van der Waals surface area contributed by atoms with Crippen molar-refractivity contribution >= 4 is 29.0 Å². The van der Waals surface area contributed by atoms with Gasteiger partial charge in [0.05, 0.1) is 16.3 Å². The van der Waals surface area contributed by atoms with Crippen LogP contribution in [0.1, 0.15) is 46.5 Å². The van der Waals surface area contributed by atoms with Crippen molar-refractivity contribution in [2.75, 3.05) is 6.54 Å². The third-order valence-electron chi connectivity index (χ3n) is 4.63. The van der Waals surface area contributed by atoms with Gasteiger partial charge in [-0.25, -0.2) is 0 Å². The van der Waals surface area contributed by atoms with E-state index in [0.29, 0.717) is 19.4 Å². The summed E-state index contributed by atoms with van der Waals surface area (Å²) in [5.74, 6) is -0.676. The zero-order valence-corrected chi connectivity index (χ0v) is 13.3. The van der Waals surface area contributed by atoms with Gasteiger partial charge in [-0.1, -0.05) is 26.1 Å². The molecule has 2 unspecified atom stereocenters. The monoisotopic (exact) mass is 299 g/mol. The molecule has 6 heteroatoms. The lowest BCUT2D eigenvalue weighted by atomic mass is 9.79. The number of likely N-dealkylation sites (tertiary alicyclic amines) is 1. The minimum absolute atomic E-state index is 0.0616. The molecule has 0 aromatic heterocycles. The van der Waals surface area contributed by atoms with Gasteiger partial charge in [-0.3, -0.25) is 9.59 Å². The number of carbonyl (C=O) groups excluding carboxylic acids is 2. The molecule has 114 valence electrons. The van der Waals surface area contributed by atoms with Gasteiger partial charge in [0.15, 0.2) is 0 Å². The Hall–Kier alpha value is -1.17. The van der Waals surface area contributed by atoms with E-state index < -0.39 is 5.41 Å². The maximum Gasteiger partial charge on any atom is 0.235 e. The molecule has 1 fully saturated rings. The van der Waals surface area contributed by atoms with Gasteiger partial charge in [-0.2, -0.15) is 0 Å². The Labute approximate surface area is 126 Å². The topological polar surface area (TPSA) is 89.4 Å². The summed E-state index contributed by atoms with van der Waals surface area (Å²) >= 11 is 5.13. The number of amides is 2. The first-order valence-corrected chi connectivity index (χ1v) is 7.61. The molecule has 0 aromatic carbocycles. The predicted octanol–water partition coefficient (Wildman–Crippen LogP) is 1.19. The number of rotatable bonds is 5. The minimum atomic E-state index is -0.802. The predicted molar refractivity (Wildman–Crippen MR) is 82.9 cm³/mol. The van der Waals surface area contributed by atoms with Crippen LogP contribution in [0.25, 0.3) is 0 Å². The molecule has 0 bridgehead atoms. The van der Waals surface area contributed by atoms with Crippen molar-refractivity contribution in [3.63, 3.8) is 0 Å². The molecule has 0 aromatic rings. The van der Waals surface area contributed by atoms with Crippen molar-refractivity contribution in [2.24, 2.45) is 22.8 Å². The smallest absolute Gasteiger partial charge is 0.235 e. The average Bonchev–Trinajstić information content (AvgIpc) is 2.40. The van der Waals surface area contributed by atoms with Gasteiger partial charge in [0.2, 0.25) is 11.8 Å². The molecule has 0 saturated carbocycles. The third-order valence-corrected chi connectivity index (χ3v) is 5.02. The van der Waals surface area contributed by atoms with Gasteiger partial charge < -0.3 is 16.4 Å². The van der Waals surface area contributed by atoms with Crippen molar-refractivity contribution in [3.8, 4) is 0 Å². The summed E-state index contributed by atoms with van der Waals surface area (Å²) in [5.41, 5.74) is 10.4. The molecule has 0 radical (unpaired) electrons. The number of nitrogens with zero attached hydrogens (tertiary/aromatic N) is 1. The molecular formula is C14H25N3O2S. The Balaban J connectivity index is 3.03. The Bertz CT molecular complexity index is 407. The first-order valence-electron chi connectivity index (χ1n) is 7.20. The van der Waals surface area contributed by atoms with Crippen LogP contribution in [-0.2, 0) is 9.59 Å². The SMILES string of the molecule is CCC(CC)(C(=O)N1CC(C(N)=O)CCC1C)C(N)=S. The summed E-state index contributed by atoms with van der Waals surface area (Å²) < 4.78 is 0. The summed E-state index contributed by atoms with van der Waals surface area (Å²) in [6.07, 6.45) is 2.66. The van der Waals surface area contributed by atoms with Crippen LogP contribution in [0.5, 0.6) is 0 Å². The van der Waals surface area contributed by atoms with Crippen molar-refractivity contribution in [3.05, 3.63) is 0 Å². The third kappa shape index (κ3) is 2.95. The number of piperidine rings is 1. The lowest BCUT2D eigenvalue weighted by molar-refractivity contribution is -0.144. The molecule has 1 saturated heterocycles. The molecule has 1 rings (SSSR count). The van der Waals surface area contributed by atoms with Gasteiger partial charge in [0.1, 0.15) is 0 Å². The Morgan fingerprint density at radius 3 is 2.20 bits per heavy atom. The number of primary amides is 1. The van der Waals surface area contributed by atoms with Crippen LogP contribution < -0.4 is 11.5 Å². The van der Waals surface area contributed by atoms with Gasteiger partial charge in [-0.05, 0) is 32.6 Å². The number of nitrogens with two attached hydrogens (primary N) is 2. The van der Waals surface area contributed by atoms with E-state index in [1.165, 1.54) is 0 Å². The van der Waals surface area contributed by atoms with E-state index in [4.69, 9.17) is 23.7 Å². The Kier molecular flexibility index (Phi) is 5.50. The highest BCUT2D eigenvalue weighted by atomic mass is 32.1. The summed E-state index contributed by atoms with van der Waals surface area (Å²) in [6.45, 7) is 6.20. The van der Waals surface area contributed by atoms with Gasteiger partial charge in [0.25, 0.3) is 0 Å². The maximum atomic E-state index is 12.9. The first-order chi connectivity index (χ1) is 9.30. The second-order valence-corrected chi connectivity index (χ2v) is 6.08. The normalized spacial score (nSPS) is 23.4. The number of thiocarbonyl (C=S) groups is 1. The zero-order valence-electron chi connectivity index (χ0n) is 12.5. The molecule has 20 heavy (non-hydrogen) atoms. The van der Waals surface area contributed by atoms with E-state index in [-0.39, 0.29) is 28.8 Å². The van der Waals surface area contributed by atoms with Crippen LogP contribution in [0, 0.1) is 11.3 Å². The molecule has 1 aliphatic heterocycles. The van der Waals surface area contributed by atoms with Crippen LogP contribution in [0.2, 0.25) is 0 Å². The van der Waals surface area contributed by atoms with Crippen molar-refractivity contribution in [1.82, 2.24) is 4.90 Å². The van der Waals surface area contributed by atoms with E-state index in [1.54, 1.807) is 4.90 Å².